The van der Waals surface area contributed by atoms with E-state index in [2.05, 4.69) is 15.2 Å². The quantitative estimate of drug-likeness (QED) is 0.219. The van der Waals surface area contributed by atoms with Gasteiger partial charge in [0, 0.05) is 6.92 Å². The molecule has 3 heterocycles. The van der Waals surface area contributed by atoms with Gasteiger partial charge in [0.1, 0.15) is 24.1 Å². The second-order valence-electron chi connectivity index (χ2n) is 10.1. The van der Waals surface area contributed by atoms with E-state index < -0.39 is 24.5 Å². The van der Waals surface area contributed by atoms with Gasteiger partial charge in [-0.3, -0.25) is 0 Å². The average molecular weight is 568 g/mol. The predicted molar refractivity (Wildman–Crippen MR) is 155 cm³/mol. The molecule has 2 aromatic heterocycles. The molecule has 1 aliphatic rings. The van der Waals surface area contributed by atoms with Gasteiger partial charge in [0.25, 0.3) is 0 Å². The molecule has 0 bridgehead atoms. The van der Waals surface area contributed by atoms with Gasteiger partial charge in [-0.25, -0.2) is 4.68 Å². The molecule has 5 aromatic rings. The van der Waals surface area contributed by atoms with E-state index in [4.69, 9.17) is 29.2 Å². The van der Waals surface area contributed by atoms with Crippen molar-refractivity contribution in [3.05, 3.63) is 120 Å². The van der Waals surface area contributed by atoms with Crippen molar-refractivity contribution in [1.82, 2.24) is 19.9 Å². The van der Waals surface area contributed by atoms with Crippen LogP contribution in [0.5, 0.6) is 0 Å². The van der Waals surface area contributed by atoms with E-state index in [0.29, 0.717) is 42.9 Å². The molecule has 0 amide bonds. The van der Waals surface area contributed by atoms with Gasteiger partial charge in [-0.05, 0) is 16.7 Å². The summed E-state index contributed by atoms with van der Waals surface area (Å²) in [6.45, 7) is 3.18. The van der Waals surface area contributed by atoms with Crippen molar-refractivity contribution in [2.45, 2.75) is 51.3 Å². The van der Waals surface area contributed by atoms with E-state index in [1.807, 2.05) is 91.0 Å². The number of hydrogen-bond donors (Lipinski definition) is 1. The Labute approximate surface area is 244 Å². The number of anilines is 1. The van der Waals surface area contributed by atoms with Gasteiger partial charge in [0.2, 0.25) is 11.7 Å². The van der Waals surface area contributed by atoms with Gasteiger partial charge >= 0.3 is 0 Å². The van der Waals surface area contributed by atoms with Gasteiger partial charge in [0.05, 0.1) is 38.2 Å². The zero-order valence-electron chi connectivity index (χ0n) is 23.3. The van der Waals surface area contributed by atoms with Crippen LogP contribution in [0.15, 0.2) is 102 Å². The fraction of sp³-hybridized carbons (Fsp3) is 0.281. The number of nitrogens with two attached hydrogens (primary N) is 1. The van der Waals surface area contributed by atoms with Crippen LogP contribution in [0.3, 0.4) is 0 Å². The molecule has 0 spiro atoms. The monoisotopic (exact) mass is 567 g/mol. The minimum Gasteiger partial charge on any atom is -0.383 e. The second kappa shape index (κ2) is 13.1. The van der Waals surface area contributed by atoms with E-state index in [-0.39, 0.29) is 6.61 Å². The summed E-state index contributed by atoms with van der Waals surface area (Å²) in [7, 11) is 0. The third kappa shape index (κ3) is 6.42. The highest BCUT2D eigenvalue weighted by Crippen LogP contribution is 2.38. The summed E-state index contributed by atoms with van der Waals surface area (Å²) in [5.74, 6) is 1.13. The number of benzene rings is 3. The van der Waals surface area contributed by atoms with E-state index in [0.717, 1.165) is 16.7 Å². The molecular formula is C32H33N5O5. The first-order valence-corrected chi connectivity index (χ1v) is 13.9. The van der Waals surface area contributed by atoms with Crippen LogP contribution in [0.1, 0.15) is 28.8 Å². The molecule has 6 rings (SSSR count). The lowest BCUT2D eigenvalue weighted by Crippen LogP contribution is -2.38. The van der Waals surface area contributed by atoms with Crippen LogP contribution < -0.4 is 5.73 Å². The molecule has 10 nitrogen and oxygen atoms in total. The first-order chi connectivity index (χ1) is 20.7. The Morgan fingerprint density at radius 1 is 0.786 bits per heavy atom. The maximum atomic E-state index is 6.60. The summed E-state index contributed by atoms with van der Waals surface area (Å²) in [4.78, 5) is 4.31. The van der Waals surface area contributed by atoms with Crippen molar-refractivity contribution in [2.24, 2.45) is 0 Å². The smallest absolute Gasteiger partial charge is 0.223 e. The van der Waals surface area contributed by atoms with Crippen LogP contribution in [0.25, 0.3) is 11.4 Å². The largest absolute Gasteiger partial charge is 0.383 e. The molecule has 42 heavy (non-hydrogen) atoms. The van der Waals surface area contributed by atoms with E-state index in [9.17, 15) is 0 Å². The Morgan fingerprint density at radius 3 is 1.93 bits per heavy atom. The fourth-order valence-electron chi connectivity index (χ4n) is 4.97. The highest BCUT2D eigenvalue weighted by Gasteiger charge is 2.48. The molecule has 1 aliphatic heterocycles. The van der Waals surface area contributed by atoms with E-state index in [1.165, 1.54) is 0 Å². The average Bonchev–Trinajstić information content (AvgIpc) is 3.72. The Kier molecular flexibility index (Phi) is 8.67. The van der Waals surface area contributed by atoms with Crippen molar-refractivity contribution in [1.29, 1.82) is 0 Å². The second-order valence-corrected chi connectivity index (χ2v) is 10.1. The lowest BCUT2D eigenvalue weighted by Gasteiger charge is -2.25. The van der Waals surface area contributed by atoms with Crippen LogP contribution in [-0.2, 0) is 38.8 Å². The number of aromatic nitrogens is 4. The van der Waals surface area contributed by atoms with Crippen molar-refractivity contribution in [3.8, 4) is 11.4 Å². The Balaban J connectivity index is 1.29. The van der Waals surface area contributed by atoms with Crippen LogP contribution in [0.2, 0.25) is 0 Å². The summed E-state index contributed by atoms with van der Waals surface area (Å²) < 4.78 is 32.6. The summed E-state index contributed by atoms with van der Waals surface area (Å²) in [6.07, 6.45) is -0.573. The van der Waals surface area contributed by atoms with E-state index >= 15 is 0 Å². The Bertz CT molecular complexity index is 1540. The number of hydrogen-bond acceptors (Lipinski definition) is 9. The summed E-state index contributed by atoms with van der Waals surface area (Å²) in [5.41, 5.74) is 10.3. The third-order valence-electron chi connectivity index (χ3n) is 7.09. The number of nitrogen functional groups attached to an aromatic ring is 1. The van der Waals surface area contributed by atoms with Crippen molar-refractivity contribution < 1.29 is 23.5 Å². The van der Waals surface area contributed by atoms with Gasteiger partial charge < -0.3 is 29.2 Å². The van der Waals surface area contributed by atoms with Gasteiger partial charge in [0.15, 0.2) is 6.23 Å². The molecular weight excluding hydrogens is 534 g/mol. The molecule has 0 saturated carbocycles. The predicted octanol–water partition coefficient (Wildman–Crippen LogP) is 5.11. The molecule has 10 heteroatoms. The van der Waals surface area contributed by atoms with Gasteiger partial charge in [-0.15, -0.1) is 0 Å². The molecule has 216 valence electrons. The van der Waals surface area contributed by atoms with Crippen LogP contribution in [0.4, 0.5) is 5.82 Å². The third-order valence-corrected chi connectivity index (χ3v) is 7.09. The van der Waals surface area contributed by atoms with Crippen molar-refractivity contribution >= 4 is 5.82 Å². The summed E-state index contributed by atoms with van der Waals surface area (Å²) in [6, 6.07) is 30.0. The molecule has 1 saturated heterocycles. The van der Waals surface area contributed by atoms with E-state index in [1.54, 1.807) is 17.8 Å². The molecule has 0 radical (unpaired) electrons. The lowest BCUT2D eigenvalue weighted by atomic mass is 10.1. The minimum atomic E-state index is -0.693. The number of nitrogens with zero attached hydrogens (tertiary/aromatic N) is 4. The normalized spacial score (nSPS) is 20.2. The summed E-state index contributed by atoms with van der Waals surface area (Å²) >= 11 is 0. The SMILES string of the molecule is Cc1nc(-c2cnn([C@@H]3O[C@H](COCc4ccccc4)[C@@H](OCc4ccccc4)[C@H]3OCc3ccccc3)c2N)no1. The Morgan fingerprint density at radius 2 is 1.36 bits per heavy atom. The highest BCUT2D eigenvalue weighted by molar-refractivity contribution is 5.67. The number of aryl methyl sites for hydroxylation is 1. The first kappa shape index (κ1) is 27.8. The van der Waals surface area contributed by atoms with Crippen LogP contribution in [0, 0.1) is 6.92 Å². The highest BCUT2D eigenvalue weighted by atomic mass is 16.6. The van der Waals surface area contributed by atoms with Crippen molar-refractivity contribution in [3.63, 3.8) is 0 Å². The fourth-order valence-corrected chi connectivity index (χ4v) is 4.97. The molecule has 0 aliphatic carbocycles. The first-order valence-electron chi connectivity index (χ1n) is 13.9. The molecule has 1 fully saturated rings. The maximum absolute atomic E-state index is 6.60. The van der Waals surface area contributed by atoms with Gasteiger partial charge in [-0.2, -0.15) is 10.1 Å². The maximum Gasteiger partial charge on any atom is 0.223 e. The topological polar surface area (TPSA) is 120 Å². The van der Waals surface area contributed by atoms with Crippen LogP contribution in [-0.4, -0.2) is 44.8 Å². The number of ether oxygens (including phenoxy) is 4. The molecule has 2 N–H and O–H groups in total. The zero-order valence-corrected chi connectivity index (χ0v) is 23.3. The zero-order chi connectivity index (χ0) is 28.7. The Hall–Kier alpha value is -4.35. The standard InChI is InChI=1S/C32H33N5O5/c1-22-35-31(36-42-22)26-17-34-37(30(26)33)32-29(40-20-25-15-9-4-10-16-25)28(39-19-24-13-7-3-8-14-24)27(41-32)21-38-18-23-11-5-2-6-12-23/h2-17,27-29,32H,18-21,33H2,1H3/t27-,28-,29-,32-/m1/s1. The van der Waals surface area contributed by atoms with Gasteiger partial charge in [-0.1, -0.05) is 96.2 Å². The minimum absolute atomic E-state index is 0.286. The molecule has 3 aromatic carbocycles. The molecule has 4 atom stereocenters. The summed E-state index contributed by atoms with van der Waals surface area (Å²) in [5, 5.41) is 8.58. The number of rotatable bonds is 12. The molecule has 0 unspecified atom stereocenters. The van der Waals surface area contributed by atoms with Crippen LogP contribution >= 0.6 is 0 Å². The van der Waals surface area contributed by atoms with Crippen molar-refractivity contribution in [2.75, 3.05) is 12.3 Å². The lowest BCUT2D eigenvalue weighted by molar-refractivity contribution is -0.0928.